The first-order chi connectivity index (χ1) is 8.19. The fourth-order valence-corrected chi connectivity index (χ4v) is 1.70. The van der Waals surface area contributed by atoms with Gasteiger partial charge in [0.25, 0.3) is 0 Å². The number of hydrogen-bond acceptors (Lipinski definition) is 4. The van der Waals surface area contributed by atoms with Gasteiger partial charge in [0.15, 0.2) is 0 Å². The summed E-state index contributed by atoms with van der Waals surface area (Å²) in [7, 11) is 1.86. The molecule has 0 aliphatic heterocycles. The summed E-state index contributed by atoms with van der Waals surface area (Å²) in [6.07, 6.45) is 0. The van der Waals surface area contributed by atoms with E-state index in [2.05, 4.69) is 5.43 Å². The van der Waals surface area contributed by atoms with Gasteiger partial charge in [0.2, 0.25) is 5.91 Å². The van der Waals surface area contributed by atoms with Crippen molar-refractivity contribution in [3.8, 4) is 0 Å². The van der Waals surface area contributed by atoms with Crippen LogP contribution in [-0.4, -0.2) is 42.7 Å². The second-order valence-corrected chi connectivity index (χ2v) is 3.96. The normalized spacial score (nSPS) is 12.5. The zero-order chi connectivity index (χ0) is 12.7. The van der Waals surface area contributed by atoms with Crippen LogP contribution in [0.4, 0.5) is 0 Å². The number of nitrogens with zero attached hydrogens (tertiary/aromatic N) is 1. The molecule has 0 aliphatic rings. The van der Waals surface area contributed by atoms with E-state index in [0.29, 0.717) is 13.1 Å². The van der Waals surface area contributed by atoms with Crippen molar-refractivity contribution in [1.82, 2.24) is 10.3 Å². The molecule has 0 saturated heterocycles. The third-order valence-electron chi connectivity index (χ3n) is 2.64. The fourth-order valence-electron chi connectivity index (χ4n) is 1.70. The van der Waals surface area contributed by atoms with Gasteiger partial charge >= 0.3 is 0 Å². The van der Waals surface area contributed by atoms with Crippen LogP contribution in [0.25, 0.3) is 0 Å². The fraction of sp³-hybridized carbons (Fsp3) is 0.417. The zero-order valence-corrected chi connectivity index (χ0v) is 9.97. The van der Waals surface area contributed by atoms with E-state index in [9.17, 15) is 4.79 Å². The third-order valence-corrected chi connectivity index (χ3v) is 2.64. The lowest BCUT2D eigenvalue weighted by Crippen LogP contribution is -2.40. The molecule has 1 atom stereocenters. The molecule has 1 rings (SSSR count). The van der Waals surface area contributed by atoms with Crippen LogP contribution >= 0.6 is 0 Å². The van der Waals surface area contributed by atoms with Crippen molar-refractivity contribution < 1.29 is 9.90 Å². The van der Waals surface area contributed by atoms with Crippen LogP contribution in [-0.2, 0) is 4.79 Å². The standard InChI is InChI=1S/C12H19N3O2/c1-15(7-8-16)9-11(12(17)14-13)10-5-3-2-4-6-10/h2-6,11,16H,7-9,13H2,1H3,(H,14,17). The van der Waals surface area contributed by atoms with Gasteiger partial charge in [-0.25, -0.2) is 5.84 Å². The molecule has 1 aromatic carbocycles. The molecular formula is C12H19N3O2. The van der Waals surface area contributed by atoms with E-state index in [1.54, 1.807) is 0 Å². The largest absolute Gasteiger partial charge is 0.395 e. The lowest BCUT2D eigenvalue weighted by molar-refractivity contribution is -0.123. The Kier molecular flexibility index (Phi) is 5.62. The number of rotatable bonds is 6. The van der Waals surface area contributed by atoms with Gasteiger partial charge in [-0.05, 0) is 12.6 Å². The van der Waals surface area contributed by atoms with Crippen LogP contribution in [0.15, 0.2) is 30.3 Å². The van der Waals surface area contributed by atoms with Crippen molar-refractivity contribution >= 4 is 5.91 Å². The maximum atomic E-state index is 11.7. The Morgan fingerprint density at radius 2 is 2.12 bits per heavy atom. The maximum Gasteiger partial charge on any atom is 0.242 e. The van der Waals surface area contributed by atoms with Crippen molar-refractivity contribution in [2.24, 2.45) is 5.84 Å². The Morgan fingerprint density at radius 3 is 2.65 bits per heavy atom. The molecule has 0 aliphatic carbocycles. The van der Waals surface area contributed by atoms with Crippen molar-refractivity contribution in [1.29, 1.82) is 0 Å². The summed E-state index contributed by atoms with van der Waals surface area (Å²) in [5.74, 6) is 4.65. The number of nitrogens with two attached hydrogens (primary N) is 1. The predicted molar refractivity (Wildman–Crippen MR) is 66.1 cm³/mol. The number of carbonyl (C=O) groups is 1. The minimum Gasteiger partial charge on any atom is -0.395 e. The summed E-state index contributed by atoms with van der Waals surface area (Å²) in [6, 6.07) is 9.47. The lowest BCUT2D eigenvalue weighted by Gasteiger charge is -2.22. The SMILES string of the molecule is CN(CCO)CC(C(=O)NN)c1ccccc1. The van der Waals surface area contributed by atoms with Gasteiger partial charge in [-0.2, -0.15) is 0 Å². The summed E-state index contributed by atoms with van der Waals surface area (Å²) < 4.78 is 0. The number of carbonyl (C=O) groups excluding carboxylic acids is 1. The second kappa shape index (κ2) is 7.01. The summed E-state index contributed by atoms with van der Waals surface area (Å²) in [5, 5.41) is 8.85. The average Bonchev–Trinajstić information content (AvgIpc) is 2.36. The number of benzene rings is 1. The van der Waals surface area contributed by atoms with Crippen molar-refractivity contribution in [3.63, 3.8) is 0 Å². The molecule has 5 nitrogen and oxygen atoms in total. The van der Waals surface area contributed by atoms with Gasteiger partial charge in [-0.15, -0.1) is 0 Å². The molecule has 0 spiro atoms. The van der Waals surface area contributed by atoms with Gasteiger partial charge in [0.1, 0.15) is 0 Å². The predicted octanol–water partition coefficient (Wildman–Crippen LogP) is -0.316. The Balaban J connectivity index is 2.78. The number of hydrazine groups is 1. The third kappa shape index (κ3) is 4.14. The van der Waals surface area contributed by atoms with Crippen LogP contribution in [0, 0.1) is 0 Å². The molecule has 0 heterocycles. The van der Waals surface area contributed by atoms with E-state index in [-0.39, 0.29) is 18.4 Å². The van der Waals surface area contributed by atoms with E-state index < -0.39 is 0 Å². The highest BCUT2D eigenvalue weighted by Gasteiger charge is 2.21. The molecule has 0 bridgehead atoms. The minimum absolute atomic E-state index is 0.0717. The minimum atomic E-state index is -0.322. The molecule has 94 valence electrons. The molecule has 4 N–H and O–H groups in total. The van der Waals surface area contributed by atoms with Gasteiger partial charge in [-0.1, -0.05) is 30.3 Å². The smallest absolute Gasteiger partial charge is 0.242 e. The molecule has 5 heteroatoms. The van der Waals surface area contributed by atoms with E-state index in [1.165, 1.54) is 0 Å². The van der Waals surface area contributed by atoms with E-state index in [0.717, 1.165) is 5.56 Å². The summed E-state index contributed by atoms with van der Waals surface area (Å²) in [4.78, 5) is 13.6. The Morgan fingerprint density at radius 1 is 1.47 bits per heavy atom. The van der Waals surface area contributed by atoms with E-state index >= 15 is 0 Å². The van der Waals surface area contributed by atoms with E-state index in [4.69, 9.17) is 10.9 Å². The molecule has 0 aromatic heterocycles. The van der Waals surface area contributed by atoms with Gasteiger partial charge in [-0.3, -0.25) is 10.2 Å². The first kappa shape index (κ1) is 13.6. The summed E-state index contributed by atoms with van der Waals surface area (Å²) in [6.45, 7) is 1.12. The Bertz CT molecular complexity index is 343. The van der Waals surface area contributed by atoms with Crippen molar-refractivity contribution in [3.05, 3.63) is 35.9 Å². The molecule has 0 radical (unpaired) electrons. The second-order valence-electron chi connectivity index (χ2n) is 3.96. The van der Waals surface area contributed by atoms with Gasteiger partial charge in [0.05, 0.1) is 12.5 Å². The van der Waals surface area contributed by atoms with Crippen LogP contribution < -0.4 is 11.3 Å². The lowest BCUT2D eigenvalue weighted by atomic mass is 9.98. The molecule has 1 aromatic rings. The number of amides is 1. The molecule has 0 saturated carbocycles. The highest BCUT2D eigenvalue weighted by molar-refractivity contribution is 5.83. The molecule has 1 amide bonds. The number of nitrogens with one attached hydrogen (secondary N) is 1. The van der Waals surface area contributed by atoms with Crippen molar-refractivity contribution in [2.45, 2.75) is 5.92 Å². The summed E-state index contributed by atoms with van der Waals surface area (Å²) >= 11 is 0. The first-order valence-corrected chi connectivity index (χ1v) is 5.53. The molecular weight excluding hydrogens is 218 g/mol. The number of aliphatic hydroxyl groups is 1. The zero-order valence-electron chi connectivity index (χ0n) is 9.97. The Labute approximate surface area is 101 Å². The quantitative estimate of drug-likeness (QED) is 0.360. The van der Waals surface area contributed by atoms with E-state index in [1.807, 2.05) is 42.3 Å². The maximum absolute atomic E-state index is 11.7. The first-order valence-electron chi connectivity index (χ1n) is 5.53. The van der Waals surface area contributed by atoms with Crippen LogP contribution in [0.5, 0.6) is 0 Å². The van der Waals surface area contributed by atoms with Crippen molar-refractivity contribution in [2.75, 3.05) is 26.7 Å². The molecule has 1 unspecified atom stereocenters. The molecule has 17 heavy (non-hydrogen) atoms. The highest BCUT2D eigenvalue weighted by Crippen LogP contribution is 2.16. The summed E-state index contributed by atoms with van der Waals surface area (Å²) in [5.41, 5.74) is 3.10. The number of likely N-dealkylation sites (N-methyl/N-ethyl adjacent to an activating group) is 1. The topological polar surface area (TPSA) is 78.6 Å². The average molecular weight is 237 g/mol. The van der Waals surface area contributed by atoms with Gasteiger partial charge < -0.3 is 10.0 Å². The van der Waals surface area contributed by atoms with Gasteiger partial charge in [0, 0.05) is 13.1 Å². The van der Waals surface area contributed by atoms with Crippen LogP contribution in [0.3, 0.4) is 0 Å². The highest BCUT2D eigenvalue weighted by atomic mass is 16.3. The van der Waals surface area contributed by atoms with Crippen LogP contribution in [0.1, 0.15) is 11.5 Å². The number of aliphatic hydroxyl groups excluding tert-OH is 1. The molecule has 0 fully saturated rings. The van der Waals surface area contributed by atoms with Crippen LogP contribution in [0.2, 0.25) is 0 Å². The monoisotopic (exact) mass is 237 g/mol. The Hall–Kier alpha value is -1.43. The number of hydrogen-bond donors (Lipinski definition) is 3.